The SMILES string of the molecule is COC(=O)CCC(=O)Nc1ccc(N2CCC(C)CC2)nc1. The van der Waals surface area contributed by atoms with Crippen LogP contribution in [0.1, 0.15) is 32.6 Å². The van der Waals surface area contributed by atoms with Gasteiger partial charge in [-0.3, -0.25) is 9.59 Å². The number of nitrogens with one attached hydrogen (secondary N) is 1. The third kappa shape index (κ3) is 4.72. The fraction of sp³-hybridized carbons (Fsp3) is 0.562. The Morgan fingerprint density at radius 2 is 2.05 bits per heavy atom. The summed E-state index contributed by atoms with van der Waals surface area (Å²) in [5, 5.41) is 2.73. The highest BCUT2D eigenvalue weighted by molar-refractivity contribution is 5.92. The van der Waals surface area contributed by atoms with Crippen molar-refractivity contribution in [3.05, 3.63) is 18.3 Å². The molecule has 2 rings (SSSR count). The first-order chi connectivity index (χ1) is 10.6. The van der Waals surface area contributed by atoms with Crippen LogP contribution in [0.4, 0.5) is 11.5 Å². The van der Waals surface area contributed by atoms with Gasteiger partial charge in [-0.2, -0.15) is 0 Å². The van der Waals surface area contributed by atoms with Gasteiger partial charge in [-0.25, -0.2) is 4.98 Å². The highest BCUT2D eigenvalue weighted by Gasteiger charge is 2.16. The summed E-state index contributed by atoms with van der Waals surface area (Å²) in [6, 6.07) is 3.77. The van der Waals surface area contributed by atoms with Gasteiger partial charge in [0.05, 0.1) is 25.4 Å². The van der Waals surface area contributed by atoms with Crippen molar-refractivity contribution in [1.29, 1.82) is 0 Å². The molecular formula is C16H23N3O3. The molecule has 0 aliphatic carbocycles. The van der Waals surface area contributed by atoms with Gasteiger partial charge in [0.1, 0.15) is 5.82 Å². The van der Waals surface area contributed by atoms with Crippen molar-refractivity contribution >= 4 is 23.4 Å². The number of aromatic nitrogens is 1. The second-order valence-corrected chi connectivity index (χ2v) is 5.70. The zero-order valence-electron chi connectivity index (χ0n) is 13.2. The van der Waals surface area contributed by atoms with E-state index in [-0.39, 0.29) is 24.7 Å². The van der Waals surface area contributed by atoms with E-state index in [9.17, 15) is 9.59 Å². The molecule has 1 aliphatic rings. The second-order valence-electron chi connectivity index (χ2n) is 5.70. The fourth-order valence-electron chi connectivity index (χ4n) is 2.43. The van der Waals surface area contributed by atoms with E-state index < -0.39 is 0 Å². The van der Waals surface area contributed by atoms with Crippen molar-refractivity contribution in [1.82, 2.24) is 4.98 Å². The molecule has 0 saturated carbocycles. The van der Waals surface area contributed by atoms with Gasteiger partial charge in [-0.1, -0.05) is 6.92 Å². The van der Waals surface area contributed by atoms with Gasteiger partial charge in [0, 0.05) is 19.5 Å². The van der Waals surface area contributed by atoms with Crippen LogP contribution in [0.5, 0.6) is 0 Å². The molecular weight excluding hydrogens is 282 g/mol. The number of pyridine rings is 1. The summed E-state index contributed by atoms with van der Waals surface area (Å²) in [6.07, 6.45) is 4.23. The maximum atomic E-state index is 11.7. The van der Waals surface area contributed by atoms with Gasteiger partial charge >= 0.3 is 5.97 Å². The van der Waals surface area contributed by atoms with E-state index in [2.05, 4.69) is 26.9 Å². The van der Waals surface area contributed by atoms with Crippen LogP contribution in [0.15, 0.2) is 18.3 Å². The molecule has 1 aliphatic heterocycles. The van der Waals surface area contributed by atoms with Crippen molar-refractivity contribution in [3.63, 3.8) is 0 Å². The molecule has 1 saturated heterocycles. The summed E-state index contributed by atoms with van der Waals surface area (Å²) in [6.45, 7) is 4.33. The zero-order chi connectivity index (χ0) is 15.9. The first kappa shape index (κ1) is 16.3. The molecule has 0 unspecified atom stereocenters. The number of anilines is 2. The summed E-state index contributed by atoms with van der Waals surface area (Å²) in [7, 11) is 1.31. The quantitative estimate of drug-likeness (QED) is 0.845. The molecule has 0 bridgehead atoms. The van der Waals surface area contributed by atoms with Crippen LogP contribution in [0.25, 0.3) is 0 Å². The van der Waals surface area contributed by atoms with Gasteiger partial charge in [-0.05, 0) is 30.9 Å². The molecule has 6 nitrogen and oxygen atoms in total. The number of carbonyl (C=O) groups is 2. The monoisotopic (exact) mass is 305 g/mol. The first-order valence-electron chi connectivity index (χ1n) is 7.66. The van der Waals surface area contributed by atoms with Crippen molar-refractivity contribution in [2.45, 2.75) is 32.6 Å². The van der Waals surface area contributed by atoms with Gasteiger partial charge < -0.3 is 15.0 Å². The number of piperidine rings is 1. The Kier molecular flexibility index (Phi) is 5.75. The molecule has 120 valence electrons. The Morgan fingerprint density at radius 1 is 1.32 bits per heavy atom. The van der Waals surface area contributed by atoms with E-state index in [1.807, 2.05) is 12.1 Å². The fourth-order valence-corrected chi connectivity index (χ4v) is 2.43. The molecule has 0 spiro atoms. The smallest absolute Gasteiger partial charge is 0.306 e. The lowest BCUT2D eigenvalue weighted by Crippen LogP contribution is -2.33. The molecule has 1 fully saturated rings. The summed E-state index contributed by atoms with van der Waals surface area (Å²) < 4.78 is 4.50. The average Bonchev–Trinajstić information content (AvgIpc) is 2.54. The Labute approximate surface area is 130 Å². The summed E-state index contributed by atoms with van der Waals surface area (Å²) in [5.41, 5.74) is 0.643. The molecule has 1 N–H and O–H groups in total. The van der Waals surface area contributed by atoms with E-state index in [0.29, 0.717) is 5.69 Å². The summed E-state index contributed by atoms with van der Waals surface area (Å²) in [5.74, 6) is 1.12. The maximum absolute atomic E-state index is 11.7. The van der Waals surface area contributed by atoms with Crippen molar-refractivity contribution in [2.75, 3.05) is 30.4 Å². The normalized spacial score (nSPS) is 15.5. The van der Waals surface area contributed by atoms with Gasteiger partial charge in [0.2, 0.25) is 5.91 Å². The maximum Gasteiger partial charge on any atom is 0.306 e. The van der Waals surface area contributed by atoms with E-state index >= 15 is 0 Å². The molecule has 22 heavy (non-hydrogen) atoms. The van der Waals surface area contributed by atoms with E-state index in [1.165, 1.54) is 20.0 Å². The Bertz CT molecular complexity index is 508. The number of amides is 1. The number of hydrogen-bond donors (Lipinski definition) is 1. The molecule has 2 heterocycles. The highest BCUT2D eigenvalue weighted by Crippen LogP contribution is 2.22. The lowest BCUT2D eigenvalue weighted by molar-refractivity contribution is -0.141. The number of rotatable bonds is 5. The number of carbonyl (C=O) groups excluding carboxylic acids is 2. The largest absolute Gasteiger partial charge is 0.469 e. The molecule has 1 amide bonds. The van der Waals surface area contributed by atoms with Crippen LogP contribution in [0.3, 0.4) is 0 Å². The molecule has 0 radical (unpaired) electrons. The average molecular weight is 305 g/mol. The van der Waals surface area contributed by atoms with E-state index in [4.69, 9.17) is 0 Å². The van der Waals surface area contributed by atoms with Crippen molar-refractivity contribution in [2.24, 2.45) is 5.92 Å². The highest BCUT2D eigenvalue weighted by atomic mass is 16.5. The predicted octanol–water partition coefficient (Wildman–Crippen LogP) is 2.21. The molecule has 0 aromatic carbocycles. The predicted molar refractivity (Wildman–Crippen MR) is 84.7 cm³/mol. The zero-order valence-corrected chi connectivity index (χ0v) is 13.2. The number of nitrogens with zero attached hydrogens (tertiary/aromatic N) is 2. The van der Waals surface area contributed by atoms with Gasteiger partial charge in [0.25, 0.3) is 0 Å². The minimum absolute atomic E-state index is 0.0831. The van der Waals surface area contributed by atoms with Crippen LogP contribution < -0.4 is 10.2 Å². The Morgan fingerprint density at radius 3 is 2.64 bits per heavy atom. The number of hydrogen-bond acceptors (Lipinski definition) is 5. The minimum Gasteiger partial charge on any atom is -0.469 e. The van der Waals surface area contributed by atoms with Crippen LogP contribution in [-0.2, 0) is 14.3 Å². The number of esters is 1. The van der Waals surface area contributed by atoms with E-state index in [1.54, 1.807) is 6.20 Å². The lowest BCUT2D eigenvalue weighted by Gasteiger charge is -2.31. The standard InChI is InChI=1S/C16H23N3O3/c1-12-7-9-19(10-8-12)14-4-3-13(11-17-14)18-15(20)5-6-16(21)22-2/h3-4,11-12H,5-10H2,1-2H3,(H,18,20). The third-order valence-electron chi connectivity index (χ3n) is 3.92. The third-order valence-corrected chi connectivity index (χ3v) is 3.92. The van der Waals surface area contributed by atoms with Crippen LogP contribution >= 0.6 is 0 Å². The summed E-state index contributed by atoms with van der Waals surface area (Å²) in [4.78, 5) is 29.4. The van der Waals surface area contributed by atoms with Gasteiger partial charge in [0.15, 0.2) is 0 Å². The minimum atomic E-state index is -0.386. The topological polar surface area (TPSA) is 71.5 Å². The molecule has 1 aromatic rings. The van der Waals surface area contributed by atoms with Gasteiger partial charge in [-0.15, -0.1) is 0 Å². The van der Waals surface area contributed by atoms with E-state index in [0.717, 1.165) is 24.8 Å². The molecule has 1 aromatic heterocycles. The second kappa shape index (κ2) is 7.77. The first-order valence-corrected chi connectivity index (χ1v) is 7.66. The number of methoxy groups -OCH3 is 1. The molecule has 0 atom stereocenters. The van der Waals surface area contributed by atoms with Crippen LogP contribution in [0.2, 0.25) is 0 Å². The number of ether oxygens (including phenoxy) is 1. The summed E-state index contributed by atoms with van der Waals surface area (Å²) >= 11 is 0. The van der Waals surface area contributed by atoms with Crippen LogP contribution in [-0.4, -0.2) is 37.1 Å². The van der Waals surface area contributed by atoms with Crippen molar-refractivity contribution in [3.8, 4) is 0 Å². The lowest BCUT2D eigenvalue weighted by atomic mass is 9.99. The van der Waals surface area contributed by atoms with Crippen LogP contribution in [0, 0.1) is 5.92 Å². The Hall–Kier alpha value is -2.11. The Balaban J connectivity index is 1.84. The molecule has 6 heteroatoms. The van der Waals surface area contributed by atoms with Crippen molar-refractivity contribution < 1.29 is 14.3 Å².